The van der Waals surface area contributed by atoms with Crippen LogP contribution in [0, 0.1) is 0 Å². The number of hydrogen-bond acceptors (Lipinski definition) is 3. The molecule has 0 aliphatic rings. The van der Waals surface area contributed by atoms with E-state index in [-0.39, 0.29) is 6.61 Å². The summed E-state index contributed by atoms with van der Waals surface area (Å²) < 4.78 is 1.93. The fourth-order valence-corrected chi connectivity index (χ4v) is 2.31. The average molecular weight is 266 g/mol. The monoisotopic (exact) mass is 265 g/mol. The van der Waals surface area contributed by atoms with Crippen molar-refractivity contribution in [3.05, 3.63) is 35.5 Å². The summed E-state index contributed by atoms with van der Waals surface area (Å²) in [6, 6.07) is 9.82. The second-order valence-electron chi connectivity index (χ2n) is 4.19. The zero-order valence-corrected chi connectivity index (χ0v) is 11.2. The molecule has 0 spiro atoms. The SMILES string of the molecule is CN(C)c1c(Cl)nc(-c2ccccc2)n1CCO. The lowest BCUT2D eigenvalue weighted by atomic mass is 10.2. The van der Waals surface area contributed by atoms with E-state index in [0.29, 0.717) is 11.7 Å². The fourth-order valence-electron chi connectivity index (χ4n) is 1.96. The van der Waals surface area contributed by atoms with E-state index >= 15 is 0 Å². The third-order valence-electron chi connectivity index (χ3n) is 2.68. The molecule has 1 heterocycles. The van der Waals surface area contributed by atoms with Gasteiger partial charge >= 0.3 is 0 Å². The van der Waals surface area contributed by atoms with Gasteiger partial charge < -0.3 is 14.6 Å². The van der Waals surface area contributed by atoms with Crippen LogP contribution < -0.4 is 4.90 Å². The van der Waals surface area contributed by atoms with E-state index in [1.54, 1.807) is 0 Å². The van der Waals surface area contributed by atoms with E-state index in [1.807, 2.05) is 53.9 Å². The Balaban J connectivity index is 2.57. The number of aliphatic hydroxyl groups is 1. The molecule has 1 aromatic carbocycles. The van der Waals surface area contributed by atoms with Crippen LogP contribution in [0.5, 0.6) is 0 Å². The largest absolute Gasteiger partial charge is 0.395 e. The third-order valence-corrected chi connectivity index (χ3v) is 2.93. The number of hydrogen-bond donors (Lipinski definition) is 1. The van der Waals surface area contributed by atoms with Gasteiger partial charge in [-0.2, -0.15) is 0 Å². The number of benzene rings is 1. The summed E-state index contributed by atoms with van der Waals surface area (Å²) in [5.74, 6) is 1.59. The second kappa shape index (κ2) is 5.42. The summed E-state index contributed by atoms with van der Waals surface area (Å²) in [4.78, 5) is 6.30. The zero-order chi connectivity index (χ0) is 13.1. The molecule has 0 unspecified atom stereocenters. The number of aliphatic hydroxyl groups excluding tert-OH is 1. The summed E-state index contributed by atoms with van der Waals surface area (Å²) >= 11 is 6.18. The first-order valence-electron chi connectivity index (χ1n) is 5.74. The van der Waals surface area contributed by atoms with Crippen molar-refractivity contribution in [3.63, 3.8) is 0 Å². The van der Waals surface area contributed by atoms with Crippen LogP contribution in [-0.2, 0) is 6.54 Å². The summed E-state index contributed by atoms with van der Waals surface area (Å²) in [5.41, 5.74) is 0.987. The van der Waals surface area contributed by atoms with Crippen LogP contribution >= 0.6 is 11.6 Å². The number of halogens is 1. The Morgan fingerprint density at radius 3 is 2.50 bits per heavy atom. The zero-order valence-electron chi connectivity index (χ0n) is 10.5. The van der Waals surface area contributed by atoms with Crippen molar-refractivity contribution < 1.29 is 5.11 Å². The predicted octanol–water partition coefficient (Wildman–Crippen LogP) is 2.26. The molecule has 4 nitrogen and oxygen atoms in total. The van der Waals surface area contributed by atoms with Gasteiger partial charge in [-0.25, -0.2) is 4.98 Å². The minimum atomic E-state index is 0.0490. The van der Waals surface area contributed by atoms with Gasteiger partial charge in [0.05, 0.1) is 6.61 Å². The highest BCUT2D eigenvalue weighted by Gasteiger charge is 2.17. The Morgan fingerprint density at radius 2 is 1.94 bits per heavy atom. The molecule has 0 bridgehead atoms. The molecule has 0 atom stereocenters. The van der Waals surface area contributed by atoms with Gasteiger partial charge in [-0.05, 0) is 0 Å². The number of imidazole rings is 1. The summed E-state index contributed by atoms with van der Waals surface area (Å²) in [5, 5.41) is 9.65. The minimum absolute atomic E-state index is 0.0490. The van der Waals surface area contributed by atoms with E-state index < -0.39 is 0 Å². The molecule has 0 radical (unpaired) electrons. The summed E-state index contributed by atoms with van der Waals surface area (Å²) in [6.45, 7) is 0.519. The van der Waals surface area contributed by atoms with Gasteiger partial charge in [0.2, 0.25) is 0 Å². The van der Waals surface area contributed by atoms with Crippen molar-refractivity contribution in [2.75, 3.05) is 25.6 Å². The highest BCUT2D eigenvalue weighted by Crippen LogP contribution is 2.30. The summed E-state index contributed by atoms with van der Waals surface area (Å²) in [7, 11) is 3.82. The van der Waals surface area contributed by atoms with Crippen LogP contribution in [0.15, 0.2) is 30.3 Å². The van der Waals surface area contributed by atoms with Crippen LogP contribution in [0.3, 0.4) is 0 Å². The quantitative estimate of drug-likeness (QED) is 0.922. The Kier molecular flexibility index (Phi) is 3.89. The molecule has 1 aromatic heterocycles. The van der Waals surface area contributed by atoms with E-state index in [2.05, 4.69) is 4.98 Å². The summed E-state index contributed by atoms with van der Waals surface area (Å²) in [6.07, 6.45) is 0. The van der Waals surface area contributed by atoms with Gasteiger partial charge in [-0.1, -0.05) is 41.9 Å². The first-order valence-corrected chi connectivity index (χ1v) is 6.12. The molecule has 18 heavy (non-hydrogen) atoms. The number of nitrogens with zero attached hydrogens (tertiary/aromatic N) is 3. The fraction of sp³-hybridized carbons (Fsp3) is 0.308. The van der Waals surface area contributed by atoms with E-state index in [4.69, 9.17) is 11.6 Å². The molecule has 2 aromatic rings. The minimum Gasteiger partial charge on any atom is -0.395 e. The Hall–Kier alpha value is -1.52. The van der Waals surface area contributed by atoms with Crippen LogP contribution in [-0.4, -0.2) is 35.4 Å². The smallest absolute Gasteiger partial charge is 0.172 e. The lowest BCUT2D eigenvalue weighted by Gasteiger charge is -2.16. The molecule has 0 saturated carbocycles. The van der Waals surface area contributed by atoms with Gasteiger partial charge in [-0.3, -0.25) is 0 Å². The lowest BCUT2D eigenvalue weighted by molar-refractivity contribution is 0.277. The Morgan fingerprint density at radius 1 is 1.28 bits per heavy atom. The van der Waals surface area contributed by atoms with Crippen molar-refractivity contribution in [2.45, 2.75) is 6.54 Å². The normalized spacial score (nSPS) is 10.7. The van der Waals surface area contributed by atoms with E-state index in [1.165, 1.54) is 0 Å². The maximum absolute atomic E-state index is 9.20. The highest BCUT2D eigenvalue weighted by atomic mass is 35.5. The van der Waals surface area contributed by atoms with Crippen LogP contribution in [0.1, 0.15) is 0 Å². The molecule has 2 rings (SSSR count). The average Bonchev–Trinajstić information content (AvgIpc) is 2.68. The van der Waals surface area contributed by atoms with Crippen LogP contribution in [0.25, 0.3) is 11.4 Å². The van der Waals surface area contributed by atoms with Gasteiger partial charge in [-0.15, -0.1) is 0 Å². The van der Waals surface area contributed by atoms with Gasteiger partial charge in [0.1, 0.15) is 11.6 Å². The number of anilines is 1. The molecule has 0 saturated heterocycles. The number of rotatable bonds is 4. The molecule has 5 heteroatoms. The molecule has 0 aliphatic heterocycles. The third kappa shape index (κ3) is 2.35. The molecular formula is C13H16ClN3O. The Labute approximate surface area is 111 Å². The predicted molar refractivity (Wildman–Crippen MR) is 74.1 cm³/mol. The van der Waals surface area contributed by atoms with Gasteiger partial charge in [0, 0.05) is 26.2 Å². The molecule has 0 aliphatic carbocycles. The van der Waals surface area contributed by atoms with Crippen molar-refractivity contribution in [3.8, 4) is 11.4 Å². The van der Waals surface area contributed by atoms with Crippen molar-refractivity contribution in [2.24, 2.45) is 0 Å². The van der Waals surface area contributed by atoms with Crippen molar-refractivity contribution in [1.29, 1.82) is 0 Å². The first-order chi connectivity index (χ1) is 8.65. The number of aromatic nitrogens is 2. The molecular weight excluding hydrogens is 250 g/mol. The van der Waals surface area contributed by atoms with Crippen LogP contribution in [0.4, 0.5) is 5.82 Å². The van der Waals surface area contributed by atoms with Gasteiger partial charge in [0.15, 0.2) is 5.15 Å². The molecule has 0 fully saturated rings. The van der Waals surface area contributed by atoms with Gasteiger partial charge in [0.25, 0.3) is 0 Å². The van der Waals surface area contributed by atoms with E-state index in [0.717, 1.165) is 17.2 Å². The lowest BCUT2D eigenvalue weighted by Crippen LogP contribution is -2.16. The second-order valence-corrected chi connectivity index (χ2v) is 4.54. The van der Waals surface area contributed by atoms with Crippen molar-refractivity contribution in [1.82, 2.24) is 9.55 Å². The van der Waals surface area contributed by atoms with Crippen LogP contribution in [0.2, 0.25) is 5.15 Å². The molecule has 96 valence electrons. The van der Waals surface area contributed by atoms with E-state index in [9.17, 15) is 5.11 Å². The maximum Gasteiger partial charge on any atom is 0.172 e. The molecule has 0 amide bonds. The Bertz CT molecular complexity index is 523. The highest BCUT2D eigenvalue weighted by molar-refractivity contribution is 6.32. The standard InChI is InChI=1S/C13H16ClN3O/c1-16(2)13-11(14)15-12(17(13)8-9-18)10-6-4-3-5-7-10/h3-7,18H,8-9H2,1-2H3. The first kappa shape index (κ1) is 12.9. The maximum atomic E-state index is 9.20. The topological polar surface area (TPSA) is 41.3 Å². The van der Waals surface area contributed by atoms with Crippen molar-refractivity contribution >= 4 is 17.4 Å². The molecule has 1 N–H and O–H groups in total.